The highest BCUT2D eigenvalue weighted by atomic mass is 16.2. The monoisotopic (exact) mass is 264 g/mol. The topological polar surface area (TPSA) is 67.2 Å². The lowest BCUT2D eigenvalue weighted by Crippen LogP contribution is -2.58. The molecule has 2 amide bonds. The van der Waals surface area contributed by atoms with Crippen LogP contribution in [0.25, 0.3) is 0 Å². The van der Waals surface area contributed by atoms with Crippen LogP contribution in [0.5, 0.6) is 0 Å². The number of amides is 2. The van der Waals surface area contributed by atoms with Crippen LogP contribution in [-0.4, -0.2) is 45.6 Å². The lowest BCUT2D eigenvalue weighted by Gasteiger charge is -2.32. The first-order valence-electron chi connectivity index (χ1n) is 6.66. The van der Waals surface area contributed by atoms with E-state index < -0.39 is 0 Å². The van der Waals surface area contributed by atoms with Gasteiger partial charge in [-0.25, -0.2) is 0 Å². The van der Waals surface area contributed by atoms with Crippen molar-refractivity contribution in [2.75, 3.05) is 13.1 Å². The van der Waals surface area contributed by atoms with Gasteiger partial charge >= 0.3 is 0 Å². The molecule has 1 saturated heterocycles. The fraction of sp³-hybridized carbons (Fsp3) is 0.615. The first-order valence-corrected chi connectivity index (χ1v) is 6.66. The summed E-state index contributed by atoms with van der Waals surface area (Å²) in [5.41, 5.74) is 1.08. The van der Waals surface area contributed by atoms with Gasteiger partial charge in [0.15, 0.2) is 0 Å². The van der Waals surface area contributed by atoms with E-state index in [1.54, 1.807) is 15.8 Å². The van der Waals surface area contributed by atoms with Gasteiger partial charge in [-0.05, 0) is 18.4 Å². The molecular formula is C13H20N4O2. The molecule has 104 valence electrons. The second-order valence-corrected chi connectivity index (χ2v) is 4.94. The van der Waals surface area contributed by atoms with Crippen molar-refractivity contribution >= 4 is 11.8 Å². The smallest absolute Gasteiger partial charge is 0.245 e. The summed E-state index contributed by atoms with van der Waals surface area (Å²) < 4.78 is 1.74. The lowest BCUT2D eigenvalue weighted by atomic mass is 10.1. The number of hydrogen-bond donors (Lipinski definition) is 1. The number of carbonyl (C=O) groups excluding carboxylic acids is 2. The first-order chi connectivity index (χ1) is 9.10. The van der Waals surface area contributed by atoms with Crippen LogP contribution >= 0.6 is 0 Å². The van der Waals surface area contributed by atoms with Crippen molar-refractivity contribution in [1.82, 2.24) is 20.0 Å². The van der Waals surface area contributed by atoms with Gasteiger partial charge in [-0.2, -0.15) is 5.10 Å². The first kappa shape index (κ1) is 13.6. The minimum absolute atomic E-state index is 0.0327. The van der Waals surface area contributed by atoms with Crippen LogP contribution in [0.2, 0.25) is 0 Å². The number of piperazine rings is 1. The van der Waals surface area contributed by atoms with Crippen LogP contribution in [0, 0.1) is 0 Å². The van der Waals surface area contributed by atoms with E-state index in [0.29, 0.717) is 13.0 Å². The zero-order valence-electron chi connectivity index (χ0n) is 11.4. The molecule has 1 unspecified atom stereocenters. The Hall–Kier alpha value is -1.85. The Balaban J connectivity index is 1.94. The van der Waals surface area contributed by atoms with Crippen molar-refractivity contribution in [2.45, 2.75) is 32.2 Å². The zero-order valence-corrected chi connectivity index (χ0v) is 11.4. The lowest BCUT2D eigenvalue weighted by molar-refractivity contribution is -0.144. The summed E-state index contributed by atoms with van der Waals surface area (Å²) in [4.78, 5) is 25.4. The molecule has 1 fully saturated rings. The van der Waals surface area contributed by atoms with Crippen LogP contribution in [0.4, 0.5) is 0 Å². The summed E-state index contributed by atoms with van der Waals surface area (Å²) in [7, 11) is 1.86. The summed E-state index contributed by atoms with van der Waals surface area (Å²) in [6.07, 6.45) is 6.03. The number of nitrogens with one attached hydrogen (secondary N) is 1. The standard InChI is InChI=1S/C13H20N4O2/c1-3-4-11-13(19)17(9-12(18)15-11)6-5-10-7-14-16(2)8-10/h7-8,11H,3-6,9H2,1-2H3,(H,15,18). The maximum absolute atomic E-state index is 12.2. The van der Waals surface area contributed by atoms with Gasteiger partial charge in [-0.1, -0.05) is 13.3 Å². The number of aryl methyl sites for hydroxylation is 1. The Morgan fingerprint density at radius 1 is 1.47 bits per heavy atom. The third-order valence-corrected chi connectivity index (χ3v) is 3.29. The predicted octanol–water partition coefficient (Wildman–Crippen LogP) is 0.0897. The van der Waals surface area contributed by atoms with Gasteiger partial charge in [0.05, 0.1) is 12.7 Å². The molecule has 0 spiro atoms. The molecule has 2 heterocycles. The van der Waals surface area contributed by atoms with Gasteiger partial charge < -0.3 is 10.2 Å². The third kappa shape index (κ3) is 3.33. The second-order valence-electron chi connectivity index (χ2n) is 4.94. The molecule has 0 saturated carbocycles. The number of rotatable bonds is 5. The molecule has 1 aliphatic heterocycles. The maximum atomic E-state index is 12.2. The molecule has 0 radical (unpaired) electrons. The van der Waals surface area contributed by atoms with Crippen LogP contribution in [0.1, 0.15) is 25.3 Å². The Morgan fingerprint density at radius 3 is 2.89 bits per heavy atom. The number of nitrogens with zero attached hydrogens (tertiary/aromatic N) is 3. The molecule has 0 aliphatic carbocycles. The summed E-state index contributed by atoms with van der Waals surface area (Å²) in [5, 5.41) is 6.85. The molecule has 0 aromatic carbocycles. The largest absolute Gasteiger partial charge is 0.343 e. The van der Waals surface area contributed by atoms with Crippen molar-refractivity contribution < 1.29 is 9.59 Å². The van der Waals surface area contributed by atoms with Gasteiger partial charge in [0, 0.05) is 19.8 Å². The van der Waals surface area contributed by atoms with Gasteiger partial charge in [0.1, 0.15) is 6.04 Å². The van der Waals surface area contributed by atoms with Crippen molar-refractivity contribution in [3.8, 4) is 0 Å². The average Bonchev–Trinajstić information content (AvgIpc) is 2.78. The molecule has 1 N–H and O–H groups in total. The number of carbonyl (C=O) groups is 2. The Labute approximate surface area is 112 Å². The molecular weight excluding hydrogens is 244 g/mol. The van der Waals surface area contributed by atoms with Crippen molar-refractivity contribution in [3.63, 3.8) is 0 Å². The van der Waals surface area contributed by atoms with Crippen molar-refractivity contribution in [1.29, 1.82) is 0 Å². The molecule has 1 aromatic rings. The fourth-order valence-electron chi connectivity index (χ4n) is 2.31. The zero-order chi connectivity index (χ0) is 13.8. The highest BCUT2D eigenvalue weighted by molar-refractivity contribution is 5.94. The molecule has 1 aliphatic rings. The third-order valence-electron chi connectivity index (χ3n) is 3.29. The maximum Gasteiger partial charge on any atom is 0.245 e. The van der Waals surface area contributed by atoms with E-state index in [9.17, 15) is 9.59 Å². The van der Waals surface area contributed by atoms with E-state index in [-0.39, 0.29) is 24.4 Å². The summed E-state index contributed by atoms with van der Waals surface area (Å²) in [5.74, 6) is -0.0328. The fourth-order valence-corrected chi connectivity index (χ4v) is 2.31. The molecule has 19 heavy (non-hydrogen) atoms. The number of aromatic nitrogens is 2. The Kier molecular flexibility index (Phi) is 4.19. The quantitative estimate of drug-likeness (QED) is 0.819. The molecule has 0 bridgehead atoms. The normalized spacial score (nSPS) is 19.7. The minimum atomic E-state index is -0.347. The SMILES string of the molecule is CCCC1NC(=O)CN(CCc2cnn(C)c2)C1=O. The molecule has 1 atom stereocenters. The molecule has 6 nitrogen and oxygen atoms in total. The van der Waals surface area contributed by atoms with E-state index in [2.05, 4.69) is 10.4 Å². The highest BCUT2D eigenvalue weighted by Crippen LogP contribution is 2.09. The highest BCUT2D eigenvalue weighted by Gasteiger charge is 2.31. The van der Waals surface area contributed by atoms with E-state index >= 15 is 0 Å². The van der Waals surface area contributed by atoms with Crippen molar-refractivity contribution in [3.05, 3.63) is 18.0 Å². The minimum Gasteiger partial charge on any atom is -0.343 e. The molecule has 1 aromatic heterocycles. The van der Waals surface area contributed by atoms with Gasteiger partial charge in [-0.15, -0.1) is 0 Å². The van der Waals surface area contributed by atoms with E-state index in [0.717, 1.165) is 18.4 Å². The second kappa shape index (κ2) is 5.86. The van der Waals surface area contributed by atoms with Crippen LogP contribution < -0.4 is 5.32 Å². The average molecular weight is 264 g/mol. The Morgan fingerprint density at radius 2 is 2.26 bits per heavy atom. The van der Waals surface area contributed by atoms with Crippen LogP contribution in [0.3, 0.4) is 0 Å². The summed E-state index contributed by atoms with van der Waals surface area (Å²) in [6.45, 7) is 2.74. The summed E-state index contributed by atoms with van der Waals surface area (Å²) >= 11 is 0. The predicted molar refractivity (Wildman–Crippen MR) is 70.3 cm³/mol. The summed E-state index contributed by atoms with van der Waals surface area (Å²) in [6, 6.07) is -0.347. The molecule has 6 heteroatoms. The van der Waals surface area contributed by atoms with E-state index in [1.165, 1.54) is 0 Å². The van der Waals surface area contributed by atoms with Gasteiger partial charge in [0.2, 0.25) is 11.8 Å². The van der Waals surface area contributed by atoms with E-state index in [4.69, 9.17) is 0 Å². The van der Waals surface area contributed by atoms with Crippen LogP contribution in [0.15, 0.2) is 12.4 Å². The van der Waals surface area contributed by atoms with Gasteiger partial charge in [-0.3, -0.25) is 14.3 Å². The van der Waals surface area contributed by atoms with E-state index in [1.807, 2.05) is 20.2 Å². The Bertz CT molecular complexity index is 469. The van der Waals surface area contributed by atoms with Crippen molar-refractivity contribution in [2.24, 2.45) is 7.05 Å². The van der Waals surface area contributed by atoms with Gasteiger partial charge in [0.25, 0.3) is 0 Å². The molecule has 2 rings (SSSR count). The van der Waals surface area contributed by atoms with Crippen LogP contribution in [-0.2, 0) is 23.1 Å². The number of hydrogen-bond acceptors (Lipinski definition) is 3.